The van der Waals surface area contributed by atoms with Crippen molar-refractivity contribution in [3.8, 4) is 0 Å². The normalized spacial score (nSPS) is 27.7. The summed E-state index contributed by atoms with van der Waals surface area (Å²) in [7, 11) is 3.59. The highest BCUT2D eigenvalue weighted by Crippen LogP contribution is 2.60. The van der Waals surface area contributed by atoms with Crippen molar-refractivity contribution in [3.05, 3.63) is 35.4 Å². The number of hydrogen-bond acceptors (Lipinski definition) is 2. The standard InChI is InChI=1S/C21H30N4O/c1-22-19(26)11-14-7-9-25(10-8-14)21(23-2)24-13-18-17-12-15-5-3-4-6-16(15)20(17)18/h3-6,14,17-18,20H,7-13H2,1-2H3,(H,22,26)(H,23,24). The monoisotopic (exact) mass is 354 g/mol. The van der Waals surface area contributed by atoms with Crippen LogP contribution in [0, 0.1) is 17.8 Å². The molecule has 3 atom stereocenters. The summed E-state index contributed by atoms with van der Waals surface area (Å²) in [5.74, 6) is 4.04. The molecule has 3 unspecified atom stereocenters. The predicted octanol–water partition coefficient (Wildman–Crippen LogP) is 2.00. The molecule has 1 heterocycles. The van der Waals surface area contributed by atoms with E-state index >= 15 is 0 Å². The lowest BCUT2D eigenvalue weighted by Crippen LogP contribution is -2.46. The second kappa shape index (κ2) is 7.29. The largest absolute Gasteiger partial charge is 0.359 e. The van der Waals surface area contributed by atoms with E-state index in [-0.39, 0.29) is 5.91 Å². The molecule has 5 nitrogen and oxygen atoms in total. The van der Waals surface area contributed by atoms with Crippen molar-refractivity contribution >= 4 is 11.9 Å². The van der Waals surface area contributed by atoms with Gasteiger partial charge in [-0.2, -0.15) is 0 Å². The molecule has 1 amide bonds. The van der Waals surface area contributed by atoms with Gasteiger partial charge in [0.05, 0.1) is 0 Å². The summed E-state index contributed by atoms with van der Waals surface area (Å²) in [5, 5.41) is 6.36. The highest BCUT2D eigenvalue weighted by molar-refractivity contribution is 5.80. The Bertz CT molecular complexity index is 693. The van der Waals surface area contributed by atoms with E-state index in [1.807, 2.05) is 7.05 Å². The van der Waals surface area contributed by atoms with E-state index < -0.39 is 0 Å². The smallest absolute Gasteiger partial charge is 0.220 e. The van der Waals surface area contributed by atoms with Crippen LogP contribution in [-0.2, 0) is 11.2 Å². The maximum atomic E-state index is 11.6. The van der Waals surface area contributed by atoms with Crippen LogP contribution in [0.5, 0.6) is 0 Å². The lowest BCUT2D eigenvalue weighted by Gasteiger charge is -2.34. The van der Waals surface area contributed by atoms with Crippen LogP contribution in [-0.4, -0.2) is 50.5 Å². The molecule has 140 valence electrons. The number of carbonyl (C=O) groups excluding carboxylic acids is 1. The van der Waals surface area contributed by atoms with E-state index in [1.54, 1.807) is 18.2 Å². The van der Waals surface area contributed by atoms with Crippen LogP contribution in [0.15, 0.2) is 29.3 Å². The van der Waals surface area contributed by atoms with Crippen LogP contribution >= 0.6 is 0 Å². The number of likely N-dealkylation sites (tertiary alicyclic amines) is 1. The number of aliphatic imine (C=N–C) groups is 1. The van der Waals surface area contributed by atoms with Crippen LogP contribution in [0.1, 0.15) is 36.3 Å². The number of benzene rings is 1. The molecule has 26 heavy (non-hydrogen) atoms. The van der Waals surface area contributed by atoms with Crippen molar-refractivity contribution in [3.63, 3.8) is 0 Å². The second-order valence-electron chi connectivity index (χ2n) is 7.99. The molecule has 1 aliphatic heterocycles. The van der Waals surface area contributed by atoms with Crippen LogP contribution in [0.25, 0.3) is 0 Å². The number of hydrogen-bond donors (Lipinski definition) is 2. The molecule has 0 aromatic heterocycles. The molecule has 1 saturated heterocycles. The van der Waals surface area contributed by atoms with Crippen molar-refractivity contribution in [2.45, 2.75) is 31.6 Å². The minimum Gasteiger partial charge on any atom is -0.359 e. The maximum Gasteiger partial charge on any atom is 0.220 e. The van der Waals surface area contributed by atoms with Crippen molar-refractivity contribution < 1.29 is 4.79 Å². The summed E-state index contributed by atoms with van der Waals surface area (Å²) < 4.78 is 0. The summed E-state index contributed by atoms with van der Waals surface area (Å²) in [4.78, 5) is 18.4. The number of rotatable bonds is 4. The van der Waals surface area contributed by atoms with E-state index in [4.69, 9.17) is 0 Å². The molecule has 5 heteroatoms. The Balaban J connectivity index is 1.25. The Morgan fingerprint density at radius 1 is 1.27 bits per heavy atom. The molecular weight excluding hydrogens is 324 g/mol. The first kappa shape index (κ1) is 17.4. The highest BCUT2D eigenvalue weighted by Gasteiger charge is 2.55. The zero-order valence-electron chi connectivity index (χ0n) is 15.9. The van der Waals surface area contributed by atoms with Gasteiger partial charge in [0.15, 0.2) is 5.96 Å². The van der Waals surface area contributed by atoms with E-state index in [0.29, 0.717) is 12.3 Å². The average Bonchev–Trinajstić information content (AvgIpc) is 3.21. The van der Waals surface area contributed by atoms with E-state index in [1.165, 1.54) is 6.42 Å². The van der Waals surface area contributed by atoms with Gasteiger partial charge in [-0.05, 0) is 54.1 Å². The minimum atomic E-state index is 0.159. The van der Waals surface area contributed by atoms with Gasteiger partial charge in [0.25, 0.3) is 0 Å². The van der Waals surface area contributed by atoms with Crippen LogP contribution in [0.3, 0.4) is 0 Å². The third kappa shape index (κ3) is 3.31. The van der Waals surface area contributed by atoms with Gasteiger partial charge in [-0.1, -0.05) is 24.3 Å². The Kier molecular flexibility index (Phi) is 4.88. The molecule has 1 saturated carbocycles. The molecule has 4 rings (SSSR count). The molecule has 3 aliphatic rings. The number of nitrogens with zero attached hydrogens (tertiary/aromatic N) is 2. The Labute approximate surface area is 156 Å². The van der Waals surface area contributed by atoms with Gasteiger partial charge in [-0.25, -0.2) is 0 Å². The quantitative estimate of drug-likeness (QED) is 0.642. The zero-order valence-corrected chi connectivity index (χ0v) is 15.9. The first-order valence-corrected chi connectivity index (χ1v) is 9.95. The van der Waals surface area contributed by atoms with Gasteiger partial charge >= 0.3 is 0 Å². The van der Waals surface area contributed by atoms with Crippen molar-refractivity contribution in [2.75, 3.05) is 33.7 Å². The van der Waals surface area contributed by atoms with Crippen molar-refractivity contribution in [1.82, 2.24) is 15.5 Å². The summed E-state index contributed by atoms with van der Waals surface area (Å²) in [6, 6.07) is 8.93. The Hall–Kier alpha value is -2.04. The van der Waals surface area contributed by atoms with Gasteiger partial charge < -0.3 is 15.5 Å². The third-order valence-electron chi connectivity index (χ3n) is 6.58. The number of carbonyl (C=O) groups is 1. The fraction of sp³-hybridized carbons (Fsp3) is 0.619. The number of fused-ring (bicyclic) bond motifs is 3. The second-order valence-corrected chi connectivity index (χ2v) is 7.99. The third-order valence-corrected chi connectivity index (χ3v) is 6.58. The van der Waals surface area contributed by atoms with E-state index in [0.717, 1.165) is 56.2 Å². The summed E-state index contributed by atoms with van der Waals surface area (Å²) in [5.41, 5.74) is 3.13. The lowest BCUT2D eigenvalue weighted by molar-refractivity contribution is -0.121. The number of piperidine rings is 1. The fourth-order valence-corrected chi connectivity index (χ4v) is 5.02. The molecular formula is C21H30N4O. The fourth-order valence-electron chi connectivity index (χ4n) is 5.02. The molecule has 0 bridgehead atoms. The van der Waals surface area contributed by atoms with Gasteiger partial charge in [0.1, 0.15) is 0 Å². The van der Waals surface area contributed by atoms with Crippen LogP contribution in [0.2, 0.25) is 0 Å². The zero-order chi connectivity index (χ0) is 18.1. The van der Waals surface area contributed by atoms with Crippen molar-refractivity contribution in [2.24, 2.45) is 22.7 Å². The molecule has 0 radical (unpaired) electrons. The van der Waals surface area contributed by atoms with Gasteiger partial charge in [0.2, 0.25) is 5.91 Å². The maximum absolute atomic E-state index is 11.6. The summed E-state index contributed by atoms with van der Waals surface area (Å²) in [6.45, 7) is 3.00. The van der Waals surface area contributed by atoms with Crippen LogP contribution < -0.4 is 10.6 Å². The van der Waals surface area contributed by atoms with Gasteiger partial charge in [-0.15, -0.1) is 0 Å². The minimum absolute atomic E-state index is 0.159. The highest BCUT2D eigenvalue weighted by atomic mass is 16.1. The first-order chi connectivity index (χ1) is 12.7. The molecule has 1 aromatic carbocycles. The average molecular weight is 354 g/mol. The Morgan fingerprint density at radius 2 is 2.04 bits per heavy atom. The Morgan fingerprint density at radius 3 is 2.77 bits per heavy atom. The number of guanidine groups is 1. The molecule has 2 N–H and O–H groups in total. The predicted molar refractivity (Wildman–Crippen MR) is 104 cm³/mol. The molecule has 2 aliphatic carbocycles. The molecule has 0 spiro atoms. The summed E-state index contributed by atoms with van der Waals surface area (Å²) in [6.07, 6.45) is 4.03. The molecule has 2 fully saturated rings. The van der Waals surface area contributed by atoms with E-state index in [9.17, 15) is 4.79 Å². The van der Waals surface area contributed by atoms with Crippen molar-refractivity contribution in [1.29, 1.82) is 0 Å². The SMILES string of the molecule is CN=C(NCC1C2Cc3ccccc3C12)N1CCC(CC(=O)NC)CC1. The van der Waals surface area contributed by atoms with Gasteiger partial charge in [0, 0.05) is 40.2 Å². The first-order valence-electron chi connectivity index (χ1n) is 9.95. The van der Waals surface area contributed by atoms with Crippen LogP contribution in [0.4, 0.5) is 0 Å². The topological polar surface area (TPSA) is 56.7 Å². The lowest BCUT2D eigenvalue weighted by atomic mass is 9.93. The van der Waals surface area contributed by atoms with E-state index in [2.05, 4.69) is 44.8 Å². The van der Waals surface area contributed by atoms with Gasteiger partial charge in [-0.3, -0.25) is 9.79 Å². The number of nitrogens with one attached hydrogen (secondary N) is 2. The molecule has 1 aromatic rings. The number of amides is 1. The summed E-state index contributed by atoms with van der Waals surface area (Å²) >= 11 is 0.